The summed E-state index contributed by atoms with van der Waals surface area (Å²) >= 11 is 7.11. The second-order valence-electron chi connectivity index (χ2n) is 6.57. The lowest BCUT2D eigenvalue weighted by Crippen LogP contribution is -2.42. The van der Waals surface area contributed by atoms with E-state index in [0.29, 0.717) is 17.3 Å². The number of anilines is 1. The van der Waals surface area contributed by atoms with Gasteiger partial charge in [-0.1, -0.05) is 0 Å². The second-order valence-corrected chi connectivity index (χ2v) is 8.09. The Balaban J connectivity index is 1.73. The van der Waals surface area contributed by atoms with Gasteiger partial charge in [0.1, 0.15) is 5.00 Å². The molecule has 1 aliphatic carbocycles. The van der Waals surface area contributed by atoms with E-state index < -0.39 is 0 Å². The summed E-state index contributed by atoms with van der Waals surface area (Å²) in [4.78, 5) is 13.8. The average molecular weight is 383 g/mol. The number of thiophene rings is 1. The molecule has 1 aromatic rings. The van der Waals surface area contributed by atoms with Gasteiger partial charge in [-0.05, 0) is 70.2 Å². The van der Waals surface area contributed by atoms with Crippen LogP contribution in [0.4, 0.5) is 5.00 Å². The first-order chi connectivity index (χ1) is 12.1. The molecule has 7 heteroatoms. The fourth-order valence-electron chi connectivity index (χ4n) is 3.51. The van der Waals surface area contributed by atoms with E-state index in [1.165, 1.54) is 11.3 Å². The minimum absolute atomic E-state index is 0.142. The van der Waals surface area contributed by atoms with Gasteiger partial charge in [0.25, 0.3) is 0 Å². The van der Waals surface area contributed by atoms with Crippen molar-refractivity contribution in [3.8, 4) is 0 Å². The zero-order chi connectivity index (χ0) is 17.8. The van der Waals surface area contributed by atoms with Gasteiger partial charge in [-0.2, -0.15) is 0 Å². The van der Waals surface area contributed by atoms with Gasteiger partial charge in [0, 0.05) is 11.5 Å². The van der Waals surface area contributed by atoms with E-state index in [2.05, 4.69) is 17.6 Å². The number of ether oxygens (including phenoxy) is 2. The van der Waals surface area contributed by atoms with E-state index in [1.54, 1.807) is 11.3 Å². The van der Waals surface area contributed by atoms with Crippen LogP contribution in [0, 0.1) is 0 Å². The highest BCUT2D eigenvalue weighted by Gasteiger charge is 2.28. The maximum absolute atomic E-state index is 12.5. The van der Waals surface area contributed by atoms with Crippen molar-refractivity contribution in [2.75, 3.05) is 18.5 Å². The molecular weight excluding hydrogens is 356 g/mol. The first-order valence-corrected chi connectivity index (χ1v) is 10.3. The number of carbonyl (C=O) groups excluding carboxylic acids is 1. The smallest absolute Gasteiger partial charge is 0.341 e. The molecule has 0 saturated carbocycles. The lowest BCUT2D eigenvalue weighted by atomic mass is 9.95. The lowest BCUT2D eigenvalue weighted by Gasteiger charge is -2.22. The van der Waals surface area contributed by atoms with Gasteiger partial charge >= 0.3 is 5.97 Å². The summed E-state index contributed by atoms with van der Waals surface area (Å²) in [5.41, 5.74) is 1.82. The summed E-state index contributed by atoms with van der Waals surface area (Å²) in [5, 5.41) is 7.88. The Bertz CT molecular complexity index is 639. The number of fused-ring (bicyclic) bond motifs is 1. The van der Waals surface area contributed by atoms with Crippen LogP contribution in [0.1, 0.15) is 60.3 Å². The first-order valence-electron chi connectivity index (χ1n) is 9.11. The summed E-state index contributed by atoms with van der Waals surface area (Å²) in [5.74, 6) is -0.251. The lowest BCUT2D eigenvalue weighted by molar-refractivity contribution is 0.0526. The summed E-state index contributed by atoms with van der Waals surface area (Å²) in [6, 6.07) is 0.142. The number of nitrogens with one attached hydrogen (secondary N) is 2. The van der Waals surface area contributed by atoms with Gasteiger partial charge in [0.15, 0.2) is 5.11 Å². The molecule has 138 valence electrons. The summed E-state index contributed by atoms with van der Waals surface area (Å²) in [7, 11) is 0. The van der Waals surface area contributed by atoms with Crippen LogP contribution >= 0.6 is 23.6 Å². The fraction of sp³-hybridized carbons (Fsp3) is 0.667. The van der Waals surface area contributed by atoms with Crippen molar-refractivity contribution in [3.63, 3.8) is 0 Å². The Hall–Kier alpha value is -1.18. The zero-order valence-electron chi connectivity index (χ0n) is 14.9. The highest BCUT2D eigenvalue weighted by Crippen LogP contribution is 2.38. The largest absolute Gasteiger partial charge is 0.462 e. The molecule has 2 heterocycles. The van der Waals surface area contributed by atoms with Gasteiger partial charge in [0.05, 0.1) is 24.3 Å². The summed E-state index contributed by atoms with van der Waals surface area (Å²) in [6.07, 6.45) is 6.61. The van der Waals surface area contributed by atoms with Crippen LogP contribution in [0.15, 0.2) is 0 Å². The zero-order valence-corrected chi connectivity index (χ0v) is 16.5. The third-order valence-corrected chi connectivity index (χ3v) is 6.19. The van der Waals surface area contributed by atoms with Gasteiger partial charge in [0.2, 0.25) is 0 Å². The van der Waals surface area contributed by atoms with Crippen LogP contribution in [-0.4, -0.2) is 36.4 Å². The molecule has 3 rings (SSSR count). The van der Waals surface area contributed by atoms with E-state index in [0.717, 1.165) is 49.3 Å². The number of rotatable bonds is 5. The van der Waals surface area contributed by atoms with Crippen LogP contribution < -0.4 is 10.6 Å². The third kappa shape index (κ3) is 4.33. The number of hydrogen-bond donors (Lipinski definition) is 2. The van der Waals surface area contributed by atoms with Gasteiger partial charge in [-0.3, -0.25) is 0 Å². The molecule has 2 atom stereocenters. The van der Waals surface area contributed by atoms with E-state index >= 15 is 0 Å². The van der Waals surface area contributed by atoms with Crippen molar-refractivity contribution in [1.29, 1.82) is 0 Å². The Morgan fingerprint density at radius 3 is 2.92 bits per heavy atom. The number of esters is 1. The van der Waals surface area contributed by atoms with Crippen molar-refractivity contribution in [2.45, 2.75) is 64.5 Å². The molecular formula is C18H26N2O3S2. The monoisotopic (exact) mass is 382 g/mol. The molecule has 2 N–H and O–H groups in total. The molecule has 1 fully saturated rings. The second kappa shape index (κ2) is 8.47. The molecule has 0 bridgehead atoms. The molecule has 25 heavy (non-hydrogen) atoms. The predicted octanol–water partition coefficient (Wildman–Crippen LogP) is 3.66. The molecule has 0 amide bonds. The van der Waals surface area contributed by atoms with Crippen LogP contribution in [0.2, 0.25) is 0 Å². The molecule has 1 aromatic heterocycles. The summed E-state index contributed by atoms with van der Waals surface area (Å²) in [6.45, 7) is 5.11. The molecule has 2 aliphatic rings. The molecule has 1 aliphatic heterocycles. The van der Waals surface area contributed by atoms with E-state index in [4.69, 9.17) is 21.7 Å². The highest BCUT2D eigenvalue weighted by atomic mass is 32.1. The quantitative estimate of drug-likeness (QED) is 0.599. The number of aryl methyl sites for hydroxylation is 1. The van der Waals surface area contributed by atoms with Crippen molar-refractivity contribution in [1.82, 2.24) is 5.32 Å². The van der Waals surface area contributed by atoms with E-state index in [-0.39, 0.29) is 18.1 Å². The predicted molar refractivity (Wildman–Crippen MR) is 105 cm³/mol. The Morgan fingerprint density at radius 2 is 2.20 bits per heavy atom. The molecule has 0 spiro atoms. The van der Waals surface area contributed by atoms with Crippen molar-refractivity contribution in [3.05, 3.63) is 16.0 Å². The number of carbonyl (C=O) groups is 1. The van der Waals surface area contributed by atoms with Crippen LogP contribution in [0.25, 0.3) is 0 Å². The number of hydrogen-bond acceptors (Lipinski definition) is 5. The van der Waals surface area contributed by atoms with Crippen molar-refractivity contribution >= 4 is 39.6 Å². The van der Waals surface area contributed by atoms with Gasteiger partial charge in [-0.15, -0.1) is 11.3 Å². The minimum atomic E-state index is -0.251. The van der Waals surface area contributed by atoms with Gasteiger partial charge < -0.3 is 20.1 Å². The first kappa shape index (κ1) is 18.6. The maximum Gasteiger partial charge on any atom is 0.341 e. The standard InChI is InChI=1S/C18H26N2O3S2/c1-3-22-17(21)15-12-7-4-5-9-14(12)25-16(15)20-18(24)19-11(2)13-8-6-10-23-13/h11,13H,3-10H2,1-2H3,(H2,19,20,24)/t11-,13+/m1/s1. The van der Waals surface area contributed by atoms with Crippen LogP contribution in [-0.2, 0) is 22.3 Å². The van der Waals surface area contributed by atoms with E-state index in [1.807, 2.05) is 6.92 Å². The maximum atomic E-state index is 12.5. The van der Waals surface area contributed by atoms with Crippen molar-refractivity contribution in [2.24, 2.45) is 0 Å². The highest BCUT2D eigenvalue weighted by molar-refractivity contribution is 7.80. The van der Waals surface area contributed by atoms with Gasteiger partial charge in [-0.25, -0.2) is 4.79 Å². The van der Waals surface area contributed by atoms with Crippen molar-refractivity contribution < 1.29 is 14.3 Å². The molecule has 5 nitrogen and oxygen atoms in total. The Morgan fingerprint density at radius 1 is 1.40 bits per heavy atom. The SMILES string of the molecule is CCOC(=O)c1c(NC(=S)N[C@H](C)[C@@H]2CCCO2)sc2c1CCCC2. The fourth-order valence-corrected chi connectivity index (χ4v) is 5.14. The van der Waals surface area contributed by atoms with E-state index in [9.17, 15) is 4.79 Å². The Kier molecular flexibility index (Phi) is 6.30. The normalized spacial score (nSPS) is 20.6. The molecule has 0 aromatic carbocycles. The Labute approximate surface area is 158 Å². The minimum Gasteiger partial charge on any atom is -0.462 e. The molecule has 1 saturated heterocycles. The molecule has 0 unspecified atom stereocenters. The number of thiocarbonyl (C=S) groups is 1. The third-order valence-electron chi connectivity index (χ3n) is 4.76. The molecule has 0 radical (unpaired) electrons. The summed E-state index contributed by atoms with van der Waals surface area (Å²) < 4.78 is 11.0. The van der Waals surface area contributed by atoms with Crippen LogP contribution in [0.5, 0.6) is 0 Å². The topological polar surface area (TPSA) is 59.6 Å². The average Bonchev–Trinajstić information content (AvgIpc) is 3.22. The van der Waals surface area contributed by atoms with Crippen LogP contribution in [0.3, 0.4) is 0 Å².